The van der Waals surface area contributed by atoms with Gasteiger partial charge in [-0.25, -0.2) is 4.98 Å². The minimum absolute atomic E-state index is 0.127. The topological polar surface area (TPSA) is 59.0 Å². The van der Waals surface area contributed by atoms with Crippen molar-refractivity contribution in [3.63, 3.8) is 0 Å². The van der Waals surface area contributed by atoms with E-state index < -0.39 is 0 Å². The zero-order valence-electron chi connectivity index (χ0n) is 15.2. The van der Waals surface area contributed by atoms with Gasteiger partial charge in [-0.05, 0) is 29.9 Å². The highest BCUT2D eigenvalue weighted by Crippen LogP contribution is 2.20. The Hall–Kier alpha value is -2.30. The molecule has 0 aliphatic rings. The van der Waals surface area contributed by atoms with Gasteiger partial charge in [0.1, 0.15) is 5.69 Å². The van der Waals surface area contributed by atoms with Crippen LogP contribution in [0.5, 0.6) is 0 Å². The monoisotopic (exact) mass is 326 g/mol. The predicted octanol–water partition coefficient (Wildman–Crippen LogP) is 3.43. The maximum atomic E-state index is 11.8. The van der Waals surface area contributed by atoms with E-state index in [0.29, 0.717) is 11.6 Å². The van der Waals surface area contributed by atoms with Crippen LogP contribution in [-0.2, 0) is 6.42 Å². The number of pyridine rings is 1. The molecule has 5 nitrogen and oxygen atoms in total. The molecule has 1 unspecified atom stereocenters. The van der Waals surface area contributed by atoms with Crippen molar-refractivity contribution in [2.24, 2.45) is 0 Å². The van der Waals surface area contributed by atoms with E-state index in [1.54, 1.807) is 26.5 Å². The van der Waals surface area contributed by atoms with Gasteiger partial charge in [-0.3, -0.25) is 14.8 Å². The smallest absolute Gasteiger partial charge is 0.273 e. The summed E-state index contributed by atoms with van der Waals surface area (Å²) in [6, 6.07) is 2.23. The standard InChI is InChI=1S/C19H26N4O/c1-13(2)16-8-15(9-20-10-16)7-6-14(3)17-11-22-18(12-21-17)19(24)23(4)5/h8-14H,6-7H2,1-5H3. The fraction of sp³-hybridized carbons (Fsp3) is 0.474. The molecule has 0 radical (unpaired) electrons. The molecule has 128 valence electrons. The second-order valence-corrected chi connectivity index (χ2v) is 6.75. The maximum Gasteiger partial charge on any atom is 0.273 e. The Bertz CT molecular complexity index is 680. The number of carbonyl (C=O) groups excluding carboxylic acids is 1. The van der Waals surface area contributed by atoms with Crippen LogP contribution in [0.1, 0.15) is 66.3 Å². The molecule has 0 saturated heterocycles. The molecular formula is C19H26N4O. The highest BCUT2D eigenvalue weighted by Gasteiger charge is 2.13. The van der Waals surface area contributed by atoms with Crippen LogP contribution in [0.4, 0.5) is 0 Å². The van der Waals surface area contributed by atoms with Gasteiger partial charge in [-0.15, -0.1) is 0 Å². The molecule has 2 aromatic heterocycles. The van der Waals surface area contributed by atoms with Crippen molar-refractivity contribution in [1.82, 2.24) is 19.9 Å². The van der Waals surface area contributed by atoms with E-state index in [2.05, 4.69) is 41.8 Å². The van der Waals surface area contributed by atoms with E-state index in [0.717, 1.165) is 18.5 Å². The highest BCUT2D eigenvalue weighted by atomic mass is 16.2. The Balaban J connectivity index is 1.98. The number of hydrogen-bond acceptors (Lipinski definition) is 4. The van der Waals surface area contributed by atoms with Gasteiger partial charge in [-0.2, -0.15) is 0 Å². The molecule has 2 aromatic rings. The molecule has 5 heteroatoms. The molecule has 0 aliphatic carbocycles. The second kappa shape index (κ2) is 7.99. The van der Waals surface area contributed by atoms with Gasteiger partial charge in [0.25, 0.3) is 5.91 Å². The predicted molar refractivity (Wildman–Crippen MR) is 95.1 cm³/mol. The van der Waals surface area contributed by atoms with E-state index in [9.17, 15) is 4.79 Å². The fourth-order valence-corrected chi connectivity index (χ4v) is 2.42. The lowest BCUT2D eigenvalue weighted by atomic mass is 9.97. The normalized spacial score (nSPS) is 12.2. The van der Waals surface area contributed by atoms with Gasteiger partial charge >= 0.3 is 0 Å². The third-order valence-electron chi connectivity index (χ3n) is 4.15. The fourth-order valence-electron chi connectivity index (χ4n) is 2.42. The van der Waals surface area contributed by atoms with Crippen molar-refractivity contribution in [1.29, 1.82) is 0 Å². The number of hydrogen-bond donors (Lipinski definition) is 0. The molecule has 0 fully saturated rings. The summed E-state index contributed by atoms with van der Waals surface area (Å²) in [4.78, 5) is 26.3. The molecule has 1 atom stereocenters. The first-order valence-electron chi connectivity index (χ1n) is 8.36. The molecule has 0 aromatic carbocycles. The first kappa shape index (κ1) is 18.0. The van der Waals surface area contributed by atoms with Crippen LogP contribution in [0.15, 0.2) is 30.9 Å². The first-order chi connectivity index (χ1) is 11.4. The largest absolute Gasteiger partial charge is 0.343 e. The summed E-state index contributed by atoms with van der Waals surface area (Å²) in [5.41, 5.74) is 3.81. The zero-order chi connectivity index (χ0) is 17.7. The van der Waals surface area contributed by atoms with Crippen LogP contribution in [0.3, 0.4) is 0 Å². The molecule has 1 amide bonds. The van der Waals surface area contributed by atoms with E-state index in [1.165, 1.54) is 16.0 Å². The average Bonchev–Trinajstić information content (AvgIpc) is 2.59. The Labute approximate surface area is 144 Å². The van der Waals surface area contributed by atoms with E-state index in [4.69, 9.17) is 0 Å². The third-order valence-corrected chi connectivity index (χ3v) is 4.15. The molecule has 0 bridgehead atoms. The van der Waals surface area contributed by atoms with Crippen molar-refractivity contribution >= 4 is 5.91 Å². The van der Waals surface area contributed by atoms with Gasteiger partial charge < -0.3 is 4.90 Å². The van der Waals surface area contributed by atoms with Crippen LogP contribution in [0.2, 0.25) is 0 Å². The summed E-state index contributed by atoms with van der Waals surface area (Å²) < 4.78 is 0. The number of nitrogens with zero attached hydrogens (tertiary/aromatic N) is 4. The lowest BCUT2D eigenvalue weighted by Gasteiger charge is -2.13. The molecule has 0 spiro atoms. The first-order valence-corrected chi connectivity index (χ1v) is 8.36. The van der Waals surface area contributed by atoms with Gasteiger partial charge in [0.2, 0.25) is 0 Å². The summed E-state index contributed by atoms with van der Waals surface area (Å²) >= 11 is 0. The lowest BCUT2D eigenvalue weighted by Crippen LogP contribution is -2.23. The van der Waals surface area contributed by atoms with E-state index in [1.807, 2.05) is 12.4 Å². The minimum atomic E-state index is -0.127. The third kappa shape index (κ3) is 4.60. The summed E-state index contributed by atoms with van der Waals surface area (Å²) in [6.07, 6.45) is 9.07. The molecule has 2 rings (SSSR count). The minimum Gasteiger partial charge on any atom is -0.343 e. The highest BCUT2D eigenvalue weighted by molar-refractivity contribution is 5.91. The van der Waals surface area contributed by atoms with Crippen molar-refractivity contribution in [2.75, 3.05) is 14.1 Å². The van der Waals surface area contributed by atoms with Crippen molar-refractivity contribution < 1.29 is 4.79 Å². The van der Waals surface area contributed by atoms with Crippen LogP contribution in [-0.4, -0.2) is 39.9 Å². The van der Waals surface area contributed by atoms with Crippen LogP contribution in [0.25, 0.3) is 0 Å². The lowest BCUT2D eigenvalue weighted by molar-refractivity contribution is 0.0821. The number of amides is 1. The summed E-state index contributed by atoms with van der Waals surface area (Å²) in [6.45, 7) is 6.49. The molecule has 0 saturated carbocycles. The number of rotatable bonds is 6. The molecule has 24 heavy (non-hydrogen) atoms. The van der Waals surface area contributed by atoms with Gasteiger partial charge in [0.15, 0.2) is 0 Å². The maximum absolute atomic E-state index is 11.8. The average molecular weight is 326 g/mol. The van der Waals surface area contributed by atoms with Crippen molar-refractivity contribution in [2.45, 2.75) is 45.4 Å². The van der Waals surface area contributed by atoms with E-state index in [-0.39, 0.29) is 11.8 Å². The molecule has 0 N–H and O–H groups in total. The SMILES string of the molecule is CC(C)c1cncc(CCC(C)c2cnc(C(=O)N(C)C)cn2)c1. The number of aromatic nitrogens is 3. The van der Waals surface area contributed by atoms with Crippen LogP contribution < -0.4 is 0 Å². The van der Waals surface area contributed by atoms with Crippen LogP contribution >= 0.6 is 0 Å². The quantitative estimate of drug-likeness (QED) is 0.816. The Kier molecular flexibility index (Phi) is 6.01. The summed E-state index contributed by atoms with van der Waals surface area (Å²) in [5.74, 6) is 0.643. The molecular weight excluding hydrogens is 300 g/mol. The number of aryl methyl sites for hydroxylation is 1. The Morgan fingerprint density at radius 2 is 1.83 bits per heavy atom. The Morgan fingerprint density at radius 3 is 2.42 bits per heavy atom. The summed E-state index contributed by atoms with van der Waals surface area (Å²) in [5, 5.41) is 0. The van der Waals surface area contributed by atoms with Crippen LogP contribution in [0, 0.1) is 0 Å². The molecule has 2 heterocycles. The van der Waals surface area contributed by atoms with Crippen molar-refractivity contribution in [3.8, 4) is 0 Å². The van der Waals surface area contributed by atoms with Gasteiger partial charge in [-0.1, -0.05) is 26.8 Å². The summed E-state index contributed by atoms with van der Waals surface area (Å²) in [7, 11) is 3.42. The number of carbonyl (C=O) groups is 1. The van der Waals surface area contributed by atoms with E-state index >= 15 is 0 Å². The Morgan fingerprint density at radius 1 is 1.08 bits per heavy atom. The zero-order valence-corrected chi connectivity index (χ0v) is 15.2. The van der Waals surface area contributed by atoms with Gasteiger partial charge in [0, 0.05) is 38.6 Å². The van der Waals surface area contributed by atoms with Crippen molar-refractivity contribution in [3.05, 3.63) is 53.4 Å². The second-order valence-electron chi connectivity index (χ2n) is 6.75. The molecule has 0 aliphatic heterocycles. The van der Waals surface area contributed by atoms with Gasteiger partial charge in [0.05, 0.1) is 11.9 Å².